The molecule has 0 unspecified atom stereocenters. The molecule has 1 saturated heterocycles. The summed E-state index contributed by atoms with van der Waals surface area (Å²) < 4.78 is 12.9. The molecule has 1 fully saturated rings. The zero-order chi connectivity index (χ0) is 14.1. The van der Waals surface area contributed by atoms with Gasteiger partial charge in [0.2, 0.25) is 0 Å². The fraction of sp³-hybridized carbons (Fsp3) is 0.286. The van der Waals surface area contributed by atoms with Gasteiger partial charge >= 0.3 is 0 Å². The number of hydrogen-bond donors (Lipinski definition) is 1. The van der Waals surface area contributed by atoms with Crippen molar-refractivity contribution >= 4 is 28.9 Å². The maximum atomic E-state index is 12.9. The van der Waals surface area contributed by atoms with Crippen LogP contribution in [0, 0.1) is 5.82 Å². The Morgan fingerprint density at radius 2 is 2.10 bits per heavy atom. The number of nitrogens with zero attached hydrogens (tertiary/aromatic N) is 2. The molecular weight excluding hydrogens is 279 g/mol. The highest BCUT2D eigenvalue weighted by Crippen LogP contribution is 2.33. The van der Waals surface area contributed by atoms with Gasteiger partial charge in [0.1, 0.15) is 11.6 Å². The maximum Gasteiger partial charge on any atom is 0.286 e. The van der Waals surface area contributed by atoms with Gasteiger partial charge in [-0.05, 0) is 42.8 Å². The first-order valence-electron chi connectivity index (χ1n) is 6.39. The van der Waals surface area contributed by atoms with Crippen LogP contribution < -0.4 is 0 Å². The van der Waals surface area contributed by atoms with Crippen molar-refractivity contribution in [2.75, 3.05) is 13.1 Å². The third-order valence-electron chi connectivity index (χ3n) is 3.26. The Hall–Kier alpha value is -1.82. The molecule has 0 aliphatic carbocycles. The van der Waals surface area contributed by atoms with Crippen LogP contribution in [-0.4, -0.2) is 34.2 Å². The molecule has 2 aliphatic heterocycles. The van der Waals surface area contributed by atoms with E-state index in [1.165, 1.54) is 23.9 Å². The van der Waals surface area contributed by atoms with Gasteiger partial charge in [-0.15, -0.1) is 0 Å². The number of hydrogen-bond acceptors (Lipinski definition) is 4. The van der Waals surface area contributed by atoms with Crippen molar-refractivity contribution in [1.29, 1.82) is 0 Å². The van der Waals surface area contributed by atoms with E-state index in [9.17, 15) is 14.3 Å². The Kier molecular flexibility index (Phi) is 3.48. The van der Waals surface area contributed by atoms with Crippen molar-refractivity contribution < 1.29 is 14.3 Å². The fourth-order valence-electron chi connectivity index (χ4n) is 2.22. The number of rotatable bonds is 1. The Morgan fingerprint density at radius 3 is 2.80 bits per heavy atom. The van der Waals surface area contributed by atoms with Crippen LogP contribution >= 0.6 is 11.8 Å². The smallest absolute Gasteiger partial charge is 0.286 e. The SMILES string of the molecule is O=C1N=C(N2CCCC2)S/C1=C\c1ccc(F)cc1O. The summed E-state index contributed by atoms with van der Waals surface area (Å²) in [7, 11) is 0. The van der Waals surface area contributed by atoms with Crippen molar-refractivity contribution in [3.63, 3.8) is 0 Å². The van der Waals surface area contributed by atoms with Crippen LogP contribution in [0.5, 0.6) is 5.75 Å². The van der Waals surface area contributed by atoms with Crippen molar-refractivity contribution in [1.82, 2.24) is 4.90 Å². The molecule has 1 N–H and O–H groups in total. The third kappa shape index (κ3) is 2.56. The normalized spacial score (nSPS) is 20.9. The topological polar surface area (TPSA) is 52.9 Å². The largest absolute Gasteiger partial charge is 0.507 e. The lowest BCUT2D eigenvalue weighted by Gasteiger charge is -2.14. The Balaban J connectivity index is 1.82. The molecule has 0 spiro atoms. The molecule has 2 heterocycles. The van der Waals surface area contributed by atoms with E-state index in [0.717, 1.165) is 37.2 Å². The fourth-order valence-corrected chi connectivity index (χ4v) is 3.18. The summed E-state index contributed by atoms with van der Waals surface area (Å²) in [6.45, 7) is 1.85. The van der Waals surface area contributed by atoms with Crippen molar-refractivity contribution in [3.05, 3.63) is 34.5 Å². The molecule has 1 aromatic rings. The van der Waals surface area contributed by atoms with E-state index in [2.05, 4.69) is 9.89 Å². The lowest BCUT2D eigenvalue weighted by molar-refractivity contribution is -0.113. The number of benzene rings is 1. The number of carbonyl (C=O) groups excluding carboxylic acids is 1. The number of amides is 1. The predicted molar refractivity (Wildman–Crippen MR) is 76.9 cm³/mol. The lowest BCUT2D eigenvalue weighted by atomic mass is 10.2. The minimum Gasteiger partial charge on any atom is -0.507 e. The number of phenols is 1. The van der Waals surface area contributed by atoms with Crippen molar-refractivity contribution in [2.24, 2.45) is 4.99 Å². The molecular formula is C14H13FN2O2S. The zero-order valence-electron chi connectivity index (χ0n) is 10.7. The van der Waals surface area contributed by atoms with Gasteiger partial charge in [0, 0.05) is 24.7 Å². The number of phenolic OH excluding ortho intramolecular Hbond substituents is 1. The number of aromatic hydroxyl groups is 1. The molecule has 0 saturated carbocycles. The van der Waals surface area contributed by atoms with E-state index in [1.54, 1.807) is 6.08 Å². The van der Waals surface area contributed by atoms with Gasteiger partial charge in [-0.3, -0.25) is 4.79 Å². The van der Waals surface area contributed by atoms with Gasteiger partial charge in [0.05, 0.1) is 4.91 Å². The summed E-state index contributed by atoms with van der Waals surface area (Å²) in [5.41, 5.74) is 0.417. The van der Waals surface area contributed by atoms with Crippen LogP contribution in [0.4, 0.5) is 4.39 Å². The molecule has 1 aromatic carbocycles. The van der Waals surface area contributed by atoms with Gasteiger partial charge in [0.15, 0.2) is 5.17 Å². The predicted octanol–water partition coefficient (Wildman–Crippen LogP) is 2.60. The average molecular weight is 292 g/mol. The number of halogens is 1. The summed E-state index contributed by atoms with van der Waals surface area (Å²) >= 11 is 1.31. The van der Waals surface area contributed by atoms with Gasteiger partial charge in [0.25, 0.3) is 5.91 Å². The molecule has 0 radical (unpaired) electrons. The van der Waals surface area contributed by atoms with Gasteiger partial charge in [-0.1, -0.05) is 0 Å². The van der Waals surface area contributed by atoms with E-state index in [0.29, 0.717) is 10.5 Å². The molecule has 6 heteroatoms. The van der Waals surface area contributed by atoms with Crippen molar-refractivity contribution in [3.8, 4) is 5.75 Å². The Morgan fingerprint density at radius 1 is 1.35 bits per heavy atom. The van der Waals surface area contributed by atoms with Crippen molar-refractivity contribution in [2.45, 2.75) is 12.8 Å². The summed E-state index contributed by atoms with van der Waals surface area (Å²) in [6.07, 6.45) is 3.78. The molecule has 0 aromatic heterocycles. The molecule has 0 bridgehead atoms. The maximum absolute atomic E-state index is 12.9. The quantitative estimate of drug-likeness (QED) is 0.808. The second kappa shape index (κ2) is 5.28. The average Bonchev–Trinajstić information content (AvgIpc) is 3.03. The first kappa shape index (κ1) is 13.2. The van der Waals surface area contributed by atoms with Crippen LogP contribution in [-0.2, 0) is 4.79 Å². The van der Waals surface area contributed by atoms with E-state index in [-0.39, 0.29) is 11.7 Å². The zero-order valence-corrected chi connectivity index (χ0v) is 11.5. The van der Waals surface area contributed by atoms with E-state index >= 15 is 0 Å². The van der Waals surface area contributed by atoms with Crippen LogP contribution in [0.3, 0.4) is 0 Å². The van der Waals surface area contributed by atoms with Gasteiger partial charge in [-0.25, -0.2) is 4.39 Å². The highest BCUT2D eigenvalue weighted by molar-refractivity contribution is 8.18. The van der Waals surface area contributed by atoms with Gasteiger partial charge < -0.3 is 10.0 Å². The van der Waals surface area contributed by atoms with Gasteiger partial charge in [-0.2, -0.15) is 4.99 Å². The molecule has 2 aliphatic rings. The minimum atomic E-state index is -0.510. The summed E-state index contributed by atoms with van der Waals surface area (Å²) in [6, 6.07) is 3.72. The lowest BCUT2D eigenvalue weighted by Crippen LogP contribution is -2.23. The number of carbonyl (C=O) groups is 1. The third-order valence-corrected chi connectivity index (χ3v) is 4.31. The highest BCUT2D eigenvalue weighted by atomic mass is 32.2. The standard InChI is InChI=1S/C14H13FN2O2S/c15-10-4-3-9(11(18)8-10)7-12-13(19)16-14(20-12)17-5-1-2-6-17/h3-4,7-8,18H,1-2,5-6H2/b12-7-. The second-order valence-corrected chi connectivity index (χ2v) is 5.72. The monoisotopic (exact) mass is 292 g/mol. The second-order valence-electron chi connectivity index (χ2n) is 4.71. The first-order valence-corrected chi connectivity index (χ1v) is 7.21. The number of thioether (sulfide) groups is 1. The van der Waals surface area contributed by atoms with Crippen LogP contribution in [0.2, 0.25) is 0 Å². The van der Waals surface area contributed by atoms with E-state index in [4.69, 9.17) is 0 Å². The summed E-state index contributed by atoms with van der Waals surface area (Å²) in [5.74, 6) is -0.995. The van der Waals surface area contributed by atoms with Crippen LogP contribution in [0.15, 0.2) is 28.1 Å². The number of amidine groups is 1. The Bertz CT molecular complexity index is 622. The number of aliphatic imine (C=N–C) groups is 1. The highest BCUT2D eigenvalue weighted by Gasteiger charge is 2.27. The van der Waals surface area contributed by atoms with Crippen LogP contribution in [0.25, 0.3) is 6.08 Å². The molecule has 104 valence electrons. The summed E-state index contributed by atoms with van der Waals surface area (Å²) in [4.78, 5) is 18.4. The van der Waals surface area contributed by atoms with E-state index < -0.39 is 5.82 Å². The Labute approximate surface area is 120 Å². The molecule has 3 rings (SSSR count). The number of likely N-dealkylation sites (tertiary alicyclic amines) is 1. The first-order chi connectivity index (χ1) is 9.63. The summed E-state index contributed by atoms with van der Waals surface area (Å²) in [5, 5.41) is 10.4. The molecule has 1 amide bonds. The van der Waals surface area contributed by atoms with Crippen LogP contribution in [0.1, 0.15) is 18.4 Å². The van der Waals surface area contributed by atoms with E-state index in [1.807, 2.05) is 0 Å². The molecule has 0 atom stereocenters. The molecule has 20 heavy (non-hydrogen) atoms. The molecule has 4 nitrogen and oxygen atoms in total. The minimum absolute atomic E-state index is 0.180.